The predicted octanol–water partition coefficient (Wildman–Crippen LogP) is 0.819. The molecular formula is C10H21NO3S. The number of hydrogen-bond acceptors (Lipinski definition) is 3. The summed E-state index contributed by atoms with van der Waals surface area (Å²) in [6.07, 6.45) is 3.09. The van der Waals surface area contributed by atoms with Crippen LogP contribution in [-0.2, 0) is 10.0 Å². The maximum Gasteiger partial charge on any atom is 0.218 e. The molecule has 4 nitrogen and oxygen atoms in total. The fourth-order valence-corrected chi connectivity index (χ4v) is 3.44. The van der Waals surface area contributed by atoms with E-state index in [0.29, 0.717) is 19.0 Å². The fraction of sp³-hybridized carbons (Fsp3) is 1.00. The highest BCUT2D eigenvalue weighted by Gasteiger charge is 2.31. The third-order valence-electron chi connectivity index (χ3n) is 3.18. The summed E-state index contributed by atoms with van der Waals surface area (Å²) < 4.78 is 25.4. The third kappa shape index (κ3) is 2.92. The Bertz CT molecular complexity index is 289. The largest absolute Gasteiger partial charge is 0.395 e. The van der Waals surface area contributed by atoms with Gasteiger partial charge in [-0.1, -0.05) is 13.3 Å². The van der Waals surface area contributed by atoms with Crippen LogP contribution in [0, 0.1) is 5.92 Å². The molecular weight excluding hydrogens is 214 g/mol. The fourth-order valence-electron chi connectivity index (χ4n) is 1.94. The van der Waals surface area contributed by atoms with E-state index in [0.717, 1.165) is 19.3 Å². The first-order chi connectivity index (χ1) is 7.02. The number of aliphatic hydroxyl groups is 1. The Balaban J connectivity index is 2.70. The summed E-state index contributed by atoms with van der Waals surface area (Å²) in [5.74, 6) is 0.486. The van der Waals surface area contributed by atoms with Gasteiger partial charge in [-0.25, -0.2) is 12.7 Å². The highest BCUT2D eigenvalue weighted by Crippen LogP contribution is 2.23. The SMILES string of the molecule is CCC1CCCN(S(=O)(=O)C(C)CO)C1. The van der Waals surface area contributed by atoms with Crippen molar-refractivity contribution in [1.82, 2.24) is 4.31 Å². The summed E-state index contributed by atoms with van der Waals surface area (Å²) >= 11 is 0. The molecule has 1 rings (SSSR count). The molecule has 2 unspecified atom stereocenters. The van der Waals surface area contributed by atoms with Crippen LogP contribution in [-0.4, -0.2) is 42.8 Å². The molecule has 0 amide bonds. The standard InChI is InChI=1S/C10H21NO3S/c1-3-10-5-4-6-11(7-10)15(13,14)9(2)8-12/h9-10,12H,3-8H2,1-2H3. The Kier molecular flexibility index (Phi) is 4.55. The van der Waals surface area contributed by atoms with Gasteiger partial charge in [-0.05, 0) is 25.7 Å². The van der Waals surface area contributed by atoms with Crippen molar-refractivity contribution in [2.75, 3.05) is 19.7 Å². The molecule has 0 radical (unpaired) electrons. The summed E-state index contributed by atoms with van der Waals surface area (Å²) in [5.41, 5.74) is 0. The van der Waals surface area contributed by atoms with Crippen LogP contribution >= 0.6 is 0 Å². The minimum absolute atomic E-state index is 0.296. The van der Waals surface area contributed by atoms with E-state index in [1.165, 1.54) is 0 Å². The van der Waals surface area contributed by atoms with E-state index >= 15 is 0 Å². The third-order valence-corrected chi connectivity index (χ3v) is 5.40. The van der Waals surface area contributed by atoms with E-state index in [1.807, 2.05) is 0 Å². The Morgan fingerprint density at radius 2 is 2.20 bits per heavy atom. The van der Waals surface area contributed by atoms with E-state index in [1.54, 1.807) is 11.2 Å². The van der Waals surface area contributed by atoms with Crippen molar-refractivity contribution >= 4 is 10.0 Å². The molecule has 15 heavy (non-hydrogen) atoms. The molecule has 2 atom stereocenters. The molecule has 0 aromatic carbocycles. The molecule has 1 fully saturated rings. The van der Waals surface area contributed by atoms with Crippen LogP contribution in [0.3, 0.4) is 0 Å². The van der Waals surface area contributed by atoms with Crippen LogP contribution in [0.2, 0.25) is 0 Å². The topological polar surface area (TPSA) is 57.6 Å². The van der Waals surface area contributed by atoms with E-state index in [4.69, 9.17) is 5.11 Å². The Morgan fingerprint density at radius 1 is 1.53 bits per heavy atom. The smallest absolute Gasteiger partial charge is 0.218 e. The first kappa shape index (κ1) is 12.9. The van der Waals surface area contributed by atoms with Crippen molar-refractivity contribution < 1.29 is 13.5 Å². The summed E-state index contributed by atoms with van der Waals surface area (Å²) in [4.78, 5) is 0. The second-order valence-electron chi connectivity index (χ2n) is 4.31. The van der Waals surface area contributed by atoms with Crippen molar-refractivity contribution in [3.8, 4) is 0 Å². The minimum Gasteiger partial charge on any atom is -0.395 e. The van der Waals surface area contributed by atoms with Gasteiger partial charge in [0.15, 0.2) is 0 Å². The first-order valence-corrected chi connectivity index (χ1v) is 7.12. The normalized spacial score (nSPS) is 26.5. The van der Waals surface area contributed by atoms with Crippen molar-refractivity contribution in [1.29, 1.82) is 0 Å². The number of hydrogen-bond donors (Lipinski definition) is 1. The summed E-state index contributed by atoms with van der Waals surface area (Å²) in [6.45, 7) is 4.60. The number of nitrogens with zero attached hydrogens (tertiary/aromatic N) is 1. The van der Waals surface area contributed by atoms with E-state index in [9.17, 15) is 8.42 Å². The molecule has 0 bridgehead atoms. The average molecular weight is 235 g/mol. The number of piperidine rings is 1. The van der Waals surface area contributed by atoms with Crippen LogP contribution in [0.25, 0.3) is 0 Å². The lowest BCUT2D eigenvalue weighted by Gasteiger charge is -2.32. The Morgan fingerprint density at radius 3 is 2.73 bits per heavy atom. The highest BCUT2D eigenvalue weighted by molar-refractivity contribution is 7.89. The van der Waals surface area contributed by atoms with Crippen LogP contribution < -0.4 is 0 Å². The molecule has 0 aromatic heterocycles. The lowest BCUT2D eigenvalue weighted by Crippen LogP contribution is -2.44. The molecule has 1 heterocycles. The molecule has 1 aliphatic heterocycles. The molecule has 1 aliphatic rings. The molecule has 0 aromatic rings. The van der Waals surface area contributed by atoms with Gasteiger partial charge < -0.3 is 5.11 Å². The quantitative estimate of drug-likeness (QED) is 0.785. The summed E-state index contributed by atoms with van der Waals surface area (Å²) in [5, 5.41) is 8.25. The summed E-state index contributed by atoms with van der Waals surface area (Å²) in [7, 11) is -3.27. The maximum absolute atomic E-state index is 11.9. The van der Waals surface area contributed by atoms with Gasteiger partial charge in [-0.3, -0.25) is 0 Å². The van der Waals surface area contributed by atoms with Crippen LogP contribution in [0.1, 0.15) is 33.1 Å². The van der Waals surface area contributed by atoms with Gasteiger partial charge in [0.2, 0.25) is 10.0 Å². The molecule has 0 spiro atoms. The van der Waals surface area contributed by atoms with Crippen LogP contribution in [0.15, 0.2) is 0 Å². The Labute approximate surface area is 92.3 Å². The van der Waals surface area contributed by atoms with Crippen molar-refractivity contribution in [2.45, 2.75) is 38.4 Å². The average Bonchev–Trinajstić information content (AvgIpc) is 2.27. The molecule has 5 heteroatoms. The number of aliphatic hydroxyl groups excluding tert-OH is 1. The van der Waals surface area contributed by atoms with Gasteiger partial charge in [-0.2, -0.15) is 0 Å². The van der Waals surface area contributed by atoms with Crippen molar-refractivity contribution in [3.63, 3.8) is 0 Å². The molecule has 0 aliphatic carbocycles. The van der Waals surface area contributed by atoms with Gasteiger partial charge in [0, 0.05) is 13.1 Å². The molecule has 0 saturated carbocycles. The lowest BCUT2D eigenvalue weighted by molar-refractivity contribution is 0.249. The zero-order valence-electron chi connectivity index (χ0n) is 9.52. The van der Waals surface area contributed by atoms with Crippen LogP contribution in [0.5, 0.6) is 0 Å². The van der Waals surface area contributed by atoms with E-state index in [-0.39, 0.29) is 6.61 Å². The minimum atomic E-state index is -3.27. The van der Waals surface area contributed by atoms with Gasteiger partial charge in [0.25, 0.3) is 0 Å². The Hall–Kier alpha value is -0.130. The highest BCUT2D eigenvalue weighted by atomic mass is 32.2. The zero-order chi connectivity index (χ0) is 11.5. The second kappa shape index (κ2) is 5.27. The van der Waals surface area contributed by atoms with Gasteiger partial charge in [0.05, 0.1) is 11.9 Å². The van der Waals surface area contributed by atoms with E-state index in [2.05, 4.69) is 6.92 Å². The monoisotopic (exact) mass is 235 g/mol. The van der Waals surface area contributed by atoms with Crippen molar-refractivity contribution in [2.24, 2.45) is 5.92 Å². The number of sulfonamides is 1. The predicted molar refractivity (Wildman–Crippen MR) is 60.1 cm³/mol. The summed E-state index contributed by atoms with van der Waals surface area (Å²) in [6, 6.07) is 0. The molecule has 90 valence electrons. The first-order valence-electron chi connectivity index (χ1n) is 5.62. The number of rotatable bonds is 4. The van der Waals surface area contributed by atoms with Crippen molar-refractivity contribution in [3.05, 3.63) is 0 Å². The molecule has 1 saturated heterocycles. The van der Waals surface area contributed by atoms with Gasteiger partial charge in [-0.15, -0.1) is 0 Å². The molecule has 1 N–H and O–H groups in total. The van der Waals surface area contributed by atoms with Gasteiger partial charge in [0.1, 0.15) is 0 Å². The maximum atomic E-state index is 11.9. The lowest BCUT2D eigenvalue weighted by atomic mass is 9.97. The zero-order valence-corrected chi connectivity index (χ0v) is 10.3. The van der Waals surface area contributed by atoms with Gasteiger partial charge >= 0.3 is 0 Å². The van der Waals surface area contributed by atoms with Crippen LogP contribution in [0.4, 0.5) is 0 Å². The van der Waals surface area contributed by atoms with E-state index < -0.39 is 15.3 Å². The second-order valence-corrected chi connectivity index (χ2v) is 6.66.